The number of rotatable bonds is 3. The maximum Gasteiger partial charge on any atom is 0.335 e. The average molecular weight is 449 g/mol. The highest BCUT2D eigenvalue weighted by molar-refractivity contribution is 5.73. The van der Waals surface area contributed by atoms with Crippen LogP contribution in [-0.2, 0) is 16.0 Å². The molecule has 176 valence electrons. The van der Waals surface area contributed by atoms with Crippen LogP contribution < -0.4 is 4.74 Å². The smallest absolute Gasteiger partial charge is 0.335 e. The molecule has 1 aliphatic heterocycles. The molecule has 0 aromatic heterocycles. The Morgan fingerprint density at radius 2 is 1.84 bits per heavy atom. The van der Waals surface area contributed by atoms with Crippen molar-refractivity contribution in [1.82, 2.24) is 0 Å². The third-order valence-electron chi connectivity index (χ3n) is 8.71. The highest BCUT2D eigenvalue weighted by Gasteiger charge is 2.54. The van der Waals surface area contributed by atoms with Gasteiger partial charge in [-0.15, -0.1) is 0 Å². The summed E-state index contributed by atoms with van der Waals surface area (Å²) in [6, 6.07) is 5.75. The summed E-state index contributed by atoms with van der Waals surface area (Å²) in [5.74, 6) is 0.570. The molecular weight excluding hydrogens is 416 g/mol. The van der Waals surface area contributed by atoms with Gasteiger partial charge in [0.05, 0.1) is 6.10 Å². The van der Waals surface area contributed by atoms with Gasteiger partial charge in [0.25, 0.3) is 0 Å². The van der Waals surface area contributed by atoms with Crippen LogP contribution in [0.15, 0.2) is 18.2 Å². The fraction of sp³-hybridized carbons (Fsp3) is 0.708. The van der Waals surface area contributed by atoms with E-state index in [2.05, 4.69) is 6.92 Å². The van der Waals surface area contributed by atoms with Crippen molar-refractivity contribution in [3.05, 3.63) is 29.3 Å². The molecule has 10 atom stereocenters. The Morgan fingerprint density at radius 1 is 1.06 bits per heavy atom. The van der Waals surface area contributed by atoms with Crippen molar-refractivity contribution in [3.8, 4) is 5.75 Å². The third-order valence-corrected chi connectivity index (χ3v) is 8.71. The number of carbonyl (C=O) groups is 1. The molecule has 5 rings (SSSR count). The summed E-state index contributed by atoms with van der Waals surface area (Å²) in [5.41, 5.74) is 2.51. The van der Waals surface area contributed by atoms with Crippen LogP contribution in [0.4, 0.5) is 0 Å². The number of hydrogen-bond acceptors (Lipinski definition) is 7. The minimum atomic E-state index is -1.74. The normalized spacial score (nSPS) is 45.5. The molecule has 1 saturated heterocycles. The van der Waals surface area contributed by atoms with Crippen LogP contribution in [0.5, 0.6) is 5.75 Å². The summed E-state index contributed by atoms with van der Waals surface area (Å²) in [5, 5.41) is 49.8. The Kier molecular flexibility index (Phi) is 5.49. The molecule has 0 bridgehead atoms. The molecule has 1 heterocycles. The van der Waals surface area contributed by atoms with E-state index in [-0.39, 0.29) is 11.5 Å². The van der Waals surface area contributed by atoms with Gasteiger partial charge in [0.2, 0.25) is 6.29 Å². The molecule has 5 N–H and O–H groups in total. The number of aryl methyl sites for hydroxylation is 1. The lowest BCUT2D eigenvalue weighted by Gasteiger charge is -2.50. The van der Waals surface area contributed by atoms with Crippen LogP contribution >= 0.6 is 0 Å². The topological polar surface area (TPSA) is 137 Å². The number of ether oxygens (including phenoxy) is 2. The number of aliphatic hydroxyl groups is 4. The second kappa shape index (κ2) is 7.95. The Bertz CT molecular complexity index is 889. The van der Waals surface area contributed by atoms with Crippen molar-refractivity contribution >= 4 is 5.97 Å². The van der Waals surface area contributed by atoms with Gasteiger partial charge in [0.15, 0.2) is 6.10 Å². The summed E-state index contributed by atoms with van der Waals surface area (Å²) in [6.07, 6.45) is -2.28. The van der Waals surface area contributed by atoms with Crippen molar-refractivity contribution in [1.29, 1.82) is 0 Å². The predicted molar refractivity (Wildman–Crippen MR) is 112 cm³/mol. The largest absolute Gasteiger partial charge is 0.479 e. The van der Waals surface area contributed by atoms with E-state index in [1.54, 1.807) is 6.07 Å². The van der Waals surface area contributed by atoms with Gasteiger partial charge in [-0.2, -0.15) is 0 Å². The number of benzene rings is 1. The number of aliphatic carboxylic acids is 1. The lowest BCUT2D eigenvalue weighted by molar-refractivity contribution is -0.271. The van der Waals surface area contributed by atoms with Crippen LogP contribution in [0.3, 0.4) is 0 Å². The number of hydrogen-bond donors (Lipinski definition) is 5. The van der Waals surface area contributed by atoms with E-state index < -0.39 is 36.7 Å². The minimum absolute atomic E-state index is 0.0300. The van der Waals surface area contributed by atoms with Gasteiger partial charge in [-0.3, -0.25) is 0 Å². The Morgan fingerprint density at radius 3 is 2.59 bits per heavy atom. The molecule has 1 aromatic carbocycles. The predicted octanol–water partition coefficient (Wildman–Crippen LogP) is 1.17. The SMILES string of the molecule is C[C@@]12CC[C@H]3c4ccc(O[C@H]5O[C@@H](C(=O)O)[C@H](O)[C@@H](O)[C@@H]5O)cc4CC[C@@H]3[C@@H]1CC[C@H]2O. The fourth-order valence-electron chi connectivity index (χ4n) is 6.89. The highest BCUT2D eigenvalue weighted by Crippen LogP contribution is 2.60. The van der Waals surface area contributed by atoms with E-state index in [0.717, 1.165) is 38.5 Å². The summed E-state index contributed by atoms with van der Waals surface area (Å²) in [4.78, 5) is 11.3. The number of aliphatic hydroxyl groups excluding tert-OH is 4. The lowest BCUT2D eigenvalue weighted by Crippen LogP contribution is -2.61. The quantitative estimate of drug-likeness (QED) is 0.465. The highest BCUT2D eigenvalue weighted by atomic mass is 16.7. The summed E-state index contributed by atoms with van der Waals surface area (Å²) >= 11 is 0. The van der Waals surface area contributed by atoms with Crippen molar-refractivity contribution in [2.45, 2.75) is 88.2 Å². The maximum atomic E-state index is 11.3. The third kappa shape index (κ3) is 3.35. The first-order valence-electron chi connectivity index (χ1n) is 11.6. The van der Waals surface area contributed by atoms with E-state index in [4.69, 9.17) is 9.47 Å². The van der Waals surface area contributed by atoms with Gasteiger partial charge in [-0.1, -0.05) is 13.0 Å². The zero-order valence-corrected chi connectivity index (χ0v) is 18.1. The summed E-state index contributed by atoms with van der Waals surface area (Å²) in [7, 11) is 0. The molecule has 0 spiro atoms. The van der Waals surface area contributed by atoms with Crippen molar-refractivity contribution in [2.75, 3.05) is 0 Å². The fourth-order valence-corrected chi connectivity index (χ4v) is 6.89. The van der Waals surface area contributed by atoms with E-state index in [1.165, 1.54) is 11.1 Å². The lowest BCUT2D eigenvalue weighted by atomic mass is 9.55. The molecule has 8 nitrogen and oxygen atoms in total. The summed E-state index contributed by atoms with van der Waals surface area (Å²) in [6.45, 7) is 2.25. The molecule has 2 saturated carbocycles. The molecule has 3 fully saturated rings. The Hall–Kier alpha value is -1.71. The van der Waals surface area contributed by atoms with Gasteiger partial charge >= 0.3 is 5.97 Å². The molecule has 4 aliphatic rings. The number of fused-ring (bicyclic) bond motifs is 5. The standard InChI is InChI=1S/C24H32O8/c1-24-9-8-14-13-5-3-12(10-11(13)2-4-15(14)16(24)6-7-17(24)25)31-23-20(28)18(26)19(27)21(32-23)22(29)30/h3,5,10,14-21,23,25-28H,2,4,6-9H2,1H3,(H,29,30)/t14-,15-,16-,17+,18+,19+,20-,21+,23-,24+/m0/s1. The molecule has 0 radical (unpaired) electrons. The van der Waals surface area contributed by atoms with Crippen LogP contribution in [0.25, 0.3) is 0 Å². The molecule has 0 amide bonds. The molecule has 32 heavy (non-hydrogen) atoms. The molecule has 0 unspecified atom stereocenters. The Balaban J connectivity index is 1.34. The molecule has 1 aromatic rings. The van der Waals surface area contributed by atoms with Crippen molar-refractivity contribution in [2.24, 2.45) is 17.3 Å². The van der Waals surface area contributed by atoms with E-state index in [9.17, 15) is 30.3 Å². The second-order valence-electron chi connectivity index (χ2n) is 10.3. The van der Waals surface area contributed by atoms with Crippen molar-refractivity contribution in [3.63, 3.8) is 0 Å². The van der Waals surface area contributed by atoms with Gasteiger partial charge in [0, 0.05) is 0 Å². The zero-order chi connectivity index (χ0) is 22.8. The van der Waals surface area contributed by atoms with E-state index in [1.807, 2.05) is 12.1 Å². The van der Waals surface area contributed by atoms with Crippen LogP contribution in [0, 0.1) is 17.3 Å². The molecular formula is C24H32O8. The van der Waals surface area contributed by atoms with Gasteiger partial charge < -0.3 is 35.0 Å². The van der Waals surface area contributed by atoms with Crippen LogP contribution in [-0.4, -0.2) is 68.3 Å². The van der Waals surface area contributed by atoms with Crippen molar-refractivity contribution < 1.29 is 39.8 Å². The Labute approximate surface area is 186 Å². The molecule has 3 aliphatic carbocycles. The molecule has 8 heteroatoms. The first-order chi connectivity index (χ1) is 15.2. The van der Waals surface area contributed by atoms with E-state index >= 15 is 0 Å². The van der Waals surface area contributed by atoms with Gasteiger partial charge in [-0.25, -0.2) is 4.79 Å². The monoisotopic (exact) mass is 448 g/mol. The summed E-state index contributed by atoms with van der Waals surface area (Å²) < 4.78 is 11.0. The first-order valence-corrected chi connectivity index (χ1v) is 11.6. The number of carboxylic acid groups (broad SMARTS) is 1. The van der Waals surface area contributed by atoms with E-state index in [0.29, 0.717) is 23.5 Å². The van der Waals surface area contributed by atoms with Gasteiger partial charge in [0.1, 0.15) is 24.1 Å². The van der Waals surface area contributed by atoms with Gasteiger partial charge in [-0.05, 0) is 85.0 Å². The minimum Gasteiger partial charge on any atom is -0.479 e. The first kappa shape index (κ1) is 22.1. The maximum absolute atomic E-state index is 11.3. The zero-order valence-electron chi connectivity index (χ0n) is 18.1. The van der Waals surface area contributed by atoms with Crippen LogP contribution in [0.2, 0.25) is 0 Å². The number of carboxylic acids is 1. The second-order valence-corrected chi connectivity index (χ2v) is 10.3. The van der Waals surface area contributed by atoms with Crippen LogP contribution in [0.1, 0.15) is 56.1 Å². The average Bonchev–Trinajstić information content (AvgIpc) is 3.08.